The van der Waals surface area contributed by atoms with Crippen LogP contribution in [0.4, 0.5) is 10.1 Å². The highest BCUT2D eigenvalue weighted by atomic mass is 35.5. The minimum Gasteiger partial charge on any atom is -0.473 e. The SMILES string of the molecule is Nc1ccc(-c2ccc(OCc3ccccc3)nc2OCc2ccccc2)c(Cl)c1F. The van der Waals surface area contributed by atoms with Crippen molar-refractivity contribution in [2.45, 2.75) is 13.2 Å². The Morgan fingerprint density at radius 2 is 1.32 bits per heavy atom. The van der Waals surface area contributed by atoms with E-state index in [2.05, 4.69) is 4.98 Å². The molecule has 3 aromatic carbocycles. The van der Waals surface area contributed by atoms with E-state index in [0.717, 1.165) is 11.1 Å². The molecule has 0 amide bonds. The maximum atomic E-state index is 14.3. The van der Waals surface area contributed by atoms with Gasteiger partial charge in [0.1, 0.15) is 13.2 Å². The van der Waals surface area contributed by atoms with Crippen molar-refractivity contribution in [3.63, 3.8) is 0 Å². The predicted molar refractivity (Wildman–Crippen MR) is 121 cm³/mol. The average molecular weight is 435 g/mol. The number of nitrogens with zero attached hydrogens (tertiary/aromatic N) is 1. The van der Waals surface area contributed by atoms with E-state index in [-0.39, 0.29) is 17.3 Å². The number of halogens is 2. The summed E-state index contributed by atoms with van der Waals surface area (Å²) in [6.07, 6.45) is 0. The molecular formula is C25H20ClFN2O2. The molecule has 6 heteroatoms. The van der Waals surface area contributed by atoms with E-state index in [4.69, 9.17) is 26.8 Å². The Bertz CT molecular complexity index is 1170. The fraction of sp³-hybridized carbons (Fsp3) is 0.0800. The summed E-state index contributed by atoms with van der Waals surface area (Å²) in [7, 11) is 0. The van der Waals surface area contributed by atoms with Gasteiger partial charge in [0.15, 0.2) is 5.82 Å². The zero-order valence-corrected chi connectivity index (χ0v) is 17.4. The molecule has 0 aliphatic rings. The van der Waals surface area contributed by atoms with E-state index in [0.29, 0.717) is 29.5 Å². The second-order valence-corrected chi connectivity index (χ2v) is 7.26. The first-order valence-electron chi connectivity index (χ1n) is 9.70. The monoisotopic (exact) mass is 434 g/mol. The maximum Gasteiger partial charge on any atom is 0.225 e. The van der Waals surface area contributed by atoms with E-state index in [1.807, 2.05) is 60.7 Å². The van der Waals surface area contributed by atoms with Crippen molar-refractivity contribution in [1.82, 2.24) is 4.98 Å². The lowest BCUT2D eigenvalue weighted by molar-refractivity contribution is 0.268. The fourth-order valence-electron chi connectivity index (χ4n) is 3.05. The first kappa shape index (κ1) is 20.7. The zero-order valence-electron chi connectivity index (χ0n) is 16.6. The molecule has 0 saturated carbocycles. The summed E-state index contributed by atoms with van der Waals surface area (Å²) in [5.41, 5.74) is 8.60. The van der Waals surface area contributed by atoms with Gasteiger partial charge in [-0.15, -0.1) is 0 Å². The van der Waals surface area contributed by atoms with Gasteiger partial charge in [-0.3, -0.25) is 0 Å². The van der Waals surface area contributed by atoms with Crippen LogP contribution >= 0.6 is 11.6 Å². The van der Waals surface area contributed by atoms with Gasteiger partial charge in [-0.1, -0.05) is 78.3 Å². The van der Waals surface area contributed by atoms with E-state index in [1.165, 1.54) is 6.07 Å². The normalized spacial score (nSPS) is 10.6. The number of hydrogen-bond acceptors (Lipinski definition) is 4. The van der Waals surface area contributed by atoms with Crippen LogP contribution in [0, 0.1) is 5.82 Å². The van der Waals surface area contributed by atoms with Crippen LogP contribution in [-0.4, -0.2) is 4.98 Å². The van der Waals surface area contributed by atoms with Crippen LogP contribution < -0.4 is 15.2 Å². The lowest BCUT2D eigenvalue weighted by Crippen LogP contribution is -2.03. The van der Waals surface area contributed by atoms with Crippen molar-refractivity contribution in [3.8, 4) is 22.9 Å². The summed E-state index contributed by atoms with van der Waals surface area (Å²) in [4.78, 5) is 4.52. The Morgan fingerprint density at radius 1 is 0.742 bits per heavy atom. The van der Waals surface area contributed by atoms with Gasteiger partial charge in [-0.05, 0) is 23.3 Å². The highest BCUT2D eigenvalue weighted by molar-refractivity contribution is 6.33. The summed E-state index contributed by atoms with van der Waals surface area (Å²) in [5.74, 6) is 0.0146. The predicted octanol–water partition coefficient (Wildman–Crippen LogP) is 6.28. The number of anilines is 1. The number of hydrogen-bond donors (Lipinski definition) is 1. The van der Waals surface area contributed by atoms with E-state index >= 15 is 0 Å². The van der Waals surface area contributed by atoms with Crippen molar-refractivity contribution in [2.24, 2.45) is 0 Å². The third kappa shape index (κ3) is 4.95. The molecule has 0 fully saturated rings. The number of nitrogen functional groups attached to an aromatic ring is 1. The largest absolute Gasteiger partial charge is 0.473 e. The first-order chi connectivity index (χ1) is 15.1. The molecule has 0 atom stereocenters. The molecule has 1 aromatic heterocycles. The molecule has 0 bridgehead atoms. The minimum absolute atomic E-state index is 0.0173. The molecule has 0 aliphatic heterocycles. The van der Waals surface area contributed by atoms with Gasteiger partial charge in [0, 0.05) is 17.2 Å². The van der Waals surface area contributed by atoms with Gasteiger partial charge in [0.05, 0.1) is 10.7 Å². The second-order valence-electron chi connectivity index (χ2n) is 6.88. The average Bonchev–Trinajstić information content (AvgIpc) is 2.82. The summed E-state index contributed by atoms with van der Waals surface area (Å²) < 4.78 is 26.1. The number of pyridine rings is 1. The van der Waals surface area contributed by atoms with Crippen molar-refractivity contribution >= 4 is 17.3 Å². The highest BCUT2D eigenvalue weighted by Gasteiger charge is 2.17. The molecular weight excluding hydrogens is 415 g/mol. The molecule has 156 valence electrons. The first-order valence-corrected chi connectivity index (χ1v) is 10.1. The molecule has 0 aliphatic carbocycles. The molecule has 1 heterocycles. The van der Waals surface area contributed by atoms with Crippen LogP contribution in [0.15, 0.2) is 84.9 Å². The lowest BCUT2D eigenvalue weighted by atomic mass is 10.1. The number of rotatable bonds is 7. The molecule has 4 nitrogen and oxygen atoms in total. The molecule has 2 N–H and O–H groups in total. The molecule has 4 rings (SSSR count). The summed E-state index contributed by atoms with van der Waals surface area (Å²) in [6.45, 7) is 0.653. The quantitative estimate of drug-likeness (QED) is 0.348. The third-order valence-electron chi connectivity index (χ3n) is 4.68. The van der Waals surface area contributed by atoms with E-state index < -0.39 is 5.82 Å². The molecule has 31 heavy (non-hydrogen) atoms. The van der Waals surface area contributed by atoms with Gasteiger partial charge < -0.3 is 15.2 Å². The molecule has 4 aromatic rings. The van der Waals surface area contributed by atoms with Crippen molar-refractivity contribution < 1.29 is 13.9 Å². The van der Waals surface area contributed by atoms with Gasteiger partial charge in [-0.25, -0.2) is 4.39 Å². The zero-order chi connectivity index (χ0) is 21.6. The van der Waals surface area contributed by atoms with Gasteiger partial charge in [0.25, 0.3) is 0 Å². The van der Waals surface area contributed by atoms with Gasteiger partial charge in [-0.2, -0.15) is 4.98 Å². The van der Waals surface area contributed by atoms with Crippen LogP contribution in [0.5, 0.6) is 11.8 Å². The van der Waals surface area contributed by atoms with Crippen LogP contribution in [0.3, 0.4) is 0 Å². The van der Waals surface area contributed by atoms with E-state index in [9.17, 15) is 4.39 Å². The summed E-state index contributed by atoms with van der Waals surface area (Å²) >= 11 is 6.23. The number of nitrogens with two attached hydrogens (primary N) is 1. The lowest BCUT2D eigenvalue weighted by Gasteiger charge is -2.15. The molecule has 0 radical (unpaired) electrons. The Hall–Kier alpha value is -3.57. The summed E-state index contributed by atoms with van der Waals surface area (Å²) in [6, 6.07) is 26.0. The third-order valence-corrected chi connectivity index (χ3v) is 5.05. The Kier molecular flexibility index (Phi) is 6.34. The molecule has 0 unspecified atom stereocenters. The topological polar surface area (TPSA) is 57.4 Å². The minimum atomic E-state index is -0.669. The second kappa shape index (κ2) is 9.49. The maximum absolute atomic E-state index is 14.3. The van der Waals surface area contributed by atoms with E-state index in [1.54, 1.807) is 18.2 Å². The van der Waals surface area contributed by atoms with Crippen molar-refractivity contribution in [2.75, 3.05) is 5.73 Å². The van der Waals surface area contributed by atoms with Crippen molar-refractivity contribution in [1.29, 1.82) is 0 Å². The van der Waals surface area contributed by atoms with Gasteiger partial charge in [0.2, 0.25) is 11.8 Å². The Labute approximate surface area is 185 Å². The molecule has 0 saturated heterocycles. The number of benzene rings is 3. The standard InChI is InChI=1S/C25H20ClFN2O2/c26-23-19(11-13-21(28)24(23)27)20-12-14-22(30-15-17-7-3-1-4-8-17)29-25(20)31-16-18-9-5-2-6-10-18/h1-14H,15-16,28H2. The molecule has 0 spiro atoms. The van der Waals surface area contributed by atoms with Crippen LogP contribution in [0.25, 0.3) is 11.1 Å². The van der Waals surface area contributed by atoms with Crippen LogP contribution in [0.1, 0.15) is 11.1 Å². The van der Waals surface area contributed by atoms with Crippen LogP contribution in [-0.2, 0) is 13.2 Å². The van der Waals surface area contributed by atoms with Crippen molar-refractivity contribution in [3.05, 3.63) is 107 Å². The number of aromatic nitrogens is 1. The number of ether oxygens (including phenoxy) is 2. The van der Waals surface area contributed by atoms with Crippen LogP contribution in [0.2, 0.25) is 5.02 Å². The van der Waals surface area contributed by atoms with Gasteiger partial charge >= 0.3 is 0 Å². The fourth-order valence-corrected chi connectivity index (χ4v) is 3.32. The summed E-state index contributed by atoms with van der Waals surface area (Å²) in [5, 5.41) is -0.0793. The highest BCUT2D eigenvalue weighted by Crippen LogP contribution is 2.38. The smallest absolute Gasteiger partial charge is 0.225 e. The Morgan fingerprint density at radius 3 is 1.97 bits per heavy atom. The Balaban J connectivity index is 1.65.